The zero-order valence-corrected chi connectivity index (χ0v) is 12.0. The predicted molar refractivity (Wildman–Crippen MR) is 75.9 cm³/mol. The molecule has 0 fully saturated rings. The van der Waals surface area contributed by atoms with E-state index in [1.807, 2.05) is 13.8 Å². The van der Waals surface area contributed by atoms with Crippen molar-refractivity contribution in [2.24, 2.45) is 0 Å². The molecule has 0 bridgehead atoms. The molecule has 106 valence electrons. The number of aliphatic hydroxyl groups is 1. The Morgan fingerprint density at radius 1 is 1.10 bits per heavy atom. The van der Waals surface area contributed by atoms with E-state index in [0.29, 0.717) is 10.6 Å². The molecule has 0 aromatic heterocycles. The fraction of sp³-hybridized carbons (Fsp3) is 0.250. The Kier molecular flexibility index (Phi) is 4.41. The predicted octanol–water partition coefficient (Wildman–Crippen LogP) is 4.51. The first-order valence-electron chi connectivity index (χ1n) is 6.27. The van der Waals surface area contributed by atoms with Gasteiger partial charge < -0.3 is 5.11 Å². The summed E-state index contributed by atoms with van der Waals surface area (Å²) in [7, 11) is 0. The summed E-state index contributed by atoms with van der Waals surface area (Å²) in [5.41, 5.74) is 2.33. The van der Waals surface area contributed by atoms with Gasteiger partial charge in [0.1, 0.15) is 11.6 Å². The van der Waals surface area contributed by atoms with E-state index >= 15 is 0 Å². The quantitative estimate of drug-likeness (QED) is 0.883. The highest BCUT2D eigenvalue weighted by Gasteiger charge is 2.18. The Morgan fingerprint density at radius 2 is 1.65 bits per heavy atom. The molecule has 2 aromatic carbocycles. The molecule has 0 saturated carbocycles. The van der Waals surface area contributed by atoms with Crippen LogP contribution in [0.4, 0.5) is 8.78 Å². The van der Waals surface area contributed by atoms with Crippen LogP contribution in [0.15, 0.2) is 30.3 Å². The maximum atomic E-state index is 13.6. The van der Waals surface area contributed by atoms with Crippen molar-refractivity contribution < 1.29 is 13.9 Å². The van der Waals surface area contributed by atoms with E-state index in [2.05, 4.69) is 0 Å². The first-order chi connectivity index (χ1) is 9.40. The van der Waals surface area contributed by atoms with Gasteiger partial charge in [0, 0.05) is 17.0 Å². The number of benzene rings is 2. The lowest BCUT2D eigenvalue weighted by Crippen LogP contribution is -2.07. The molecular weight excluding hydrogens is 282 g/mol. The van der Waals surface area contributed by atoms with Crippen molar-refractivity contribution in [1.29, 1.82) is 0 Å². The zero-order chi connectivity index (χ0) is 14.9. The molecule has 4 heteroatoms. The van der Waals surface area contributed by atoms with Crippen LogP contribution in [0.1, 0.15) is 28.4 Å². The van der Waals surface area contributed by atoms with Gasteiger partial charge in [-0.1, -0.05) is 23.7 Å². The third-order valence-corrected chi connectivity index (χ3v) is 3.76. The number of aryl methyl sites for hydroxylation is 2. The Balaban J connectivity index is 2.33. The van der Waals surface area contributed by atoms with Gasteiger partial charge in [0.25, 0.3) is 0 Å². The molecule has 1 nitrogen and oxygen atoms in total. The highest BCUT2D eigenvalue weighted by molar-refractivity contribution is 6.31. The summed E-state index contributed by atoms with van der Waals surface area (Å²) in [6.45, 7) is 3.81. The van der Waals surface area contributed by atoms with E-state index in [1.54, 1.807) is 12.1 Å². The molecule has 0 amide bonds. The summed E-state index contributed by atoms with van der Waals surface area (Å²) in [5, 5.41) is 10.6. The molecule has 0 aliphatic carbocycles. The van der Waals surface area contributed by atoms with Crippen LogP contribution >= 0.6 is 11.6 Å². The number of halogens is 3. The minimum Gasteiger partial charge on any atom is -0.388 e. The van der Waals surface area contributed by atoms with Gasteiger partial charge in [-0.15, -0.1) is 0 Å². The van der Waals surface area contributed by atoms with E-state index in [0.717, 1.165) is 11.1 Å². The summed E-state index contributed by atoms with van der Waals surface area (Å²) >= 11 is 6.09. The topological polar surface area (TPSA) is 20.2 Å². The van der Waals surface area contributed by atoms with Crippen molar-refractivity contribution in [3.05, 3.63) is 69.2 Å². The molecule has 1 atom stereocenters. The summed E-state index contributed by atoms with van der Waals surface area (Å²) in [4.78, 5) is 0. The SMILES string of the molecule is Cc1cc(Cl)c(C(O)Cc2c(F)cccc2F)cc1C. The summed E-state index contributed by atoms with van der Waals surface area (Å²) < 4.78 is 27.2. The van der Waals surface area contributed by atoms with E-state index in [-0.39, 0.29) is 12.0 Å². The second kappa shape index (κ2) is 5.90. The molecule has 0 heterocycles. The van der Waals surface area contributed by atoms with Crippen LogP contribution in [-0.2, 0) is 6.42 Å². The van der Waals surface area contributed by atoms with Crippen molar-refractivity contribution in [2.75, 3.05) is 0 Å². The van der Waals surface area contributed by atoms with Crippen LogP contribution in [-0.4, -0.2) is 5.11 Å². The van der Waals surface area contributed by atoms with Crippen molar-refractivity contribution >= 4 is 11.6 Å². The third-order valence-electron chi connectivity index (χ3n) is 3.43. The van der Waals surface area contributed by atoms with Gasteiger partial charge in [-0.25, -0.2) is 8.78 Å². The number of rotatable bonds is 3. The normalized spacial score (nSPS) is 12.5. The van der Waals surface area contributed by atoms with Crippen LogP contribution in [0.2, 0.25) is 5.02 Å². The van der Waals surface area contributed by atoms with Crippen LogP contribution in [0.3, 0.4) is 0 Å². The Labute approximate surface area is 121 Å². The Hall–Kier alpha value is -1.45. The fourth-order valence-corrected chi connectivity index (χ4v) is 2.43. The summed E-state index contributed by atoms with van der Waals surface area (Å²) in [6.07, 6.45) is -1.20. The van der Waals surface area contributed by atoms with Gasteiger partial charge in [-0.3, -0.25) is 0 Å². The fourth-order valence-electron chi connectivity index (χ4n) is 2.09. The van der Waals surface area contributed by atoms with Gasteiger partial charge in [0.05, 0.1) is 6.10 Å². The first kappa shape index (κ1) is 14.9. The summed E-state index contributed by atoms with van der Waals surface area (Å²) in [6, 6.07) is 7.14. The van der Waals surface area contributed by atoms with Crippen LogP contribution in [0.25, 0.3) is 0 Å². The van der Waals surface area contributed by atoms with Gasteiger partial charge in [-0.2, -0.15) is 0 Å². The third kappa shape index (κ3) is 3.00. The average molecular weight is 297 g/mol. The second-order valence-corrected chi connectivity index (χ2v) is 5.29. The van der Waals surface area contributed by atoms with Crippen molar-refractivity contribution in [3.63, 3.8) is 0 Å². The summed E-state index contributed by atoms with van der Waals surface area (Å²) in [5.74, 6) is -1.33. The maximum Gasteiger partial charge on any atom is 0.129 e. The van der Waals surface area contributed by atoms with Crippen molar-refractivity contribution in [2.45, 2.75) is 26.4 Å². The molecule has 1 unspecified atom stereocenters. The smallest absolute Gasteiger partial charge is 0.129 e. The van der Waals surface area contributed by atoms with Gasteiger partial charge >= 0.3 is 0 Å². The Morgan fingerprint density at radius 3 is 2.25 bits per heavy atom. The van der Waals surface area contributed by atoms with Crippen molar-refractivity contribution in [3.8, 4) is 0 Å². The zero-order valence-electron chi connectivity index (χ0n) is 11.3. The molecule has 0 spiro atoms. The number of hydrogen-bond acceptors (Lipinski definition) is 1. The Bertz CT molecular complexity index is 620. The first-order valence-corrected chi connectivity index (χ1v) is 6.65. The van der Waals surface area contributed by atoms with E-state index in [1.165, 1.54) is 18.2 Å². The lowest BCUT2D eigenvalue weighted by molar-refractivity contribution is 0.175. The standard InChI is InChI=1S/C16H15ClF2O/c1-9-6-11(13(17)7-10(9)2)16(20)8-12-14(18)4-3-5-15(12)19/h3-7,16,20H,8H2,1-2H3. The van der Waals surface area contributed by atoms with Gasteiger partial charge in [0.15, 0.2) is 0 Å². The molecule has 0 saturated heterocycles. The van der Waals surface area contributed by atoms with Gasteiger partial charge in [-0.05, 0) is 48.7 Å². The monoisotopic (exact) mass is 296 g/mol. The highest BCUT2D eigenvalue weighted by atomic mass is 35.5. The van der Waals surface area contributed by atoms with Crippen molar-refractivity contribution in [1.82, 2.24) is 0 Å². The van der Waals surface area contributed by atoms with Gasteiger partial charge in [0.2, 0.25) is 0 Å². The van der Waals surface area contributed by atoms with Crippen LogP contribution in [0, 0.1) is 25.5 Å². The molecular formula is C16H15ClF2O. The maximum absolute atomic E-state index is 13.6. The molecule has 1 N–H and O–H groups in total. The van der Waals surface area contributed by atoms with E-state index in [4.69, 9.17) is 11.6 Å². The van der Waals surface area contributed by atoms with Crippen LogP contribution in [0.5, 0.6) is 0 Å². The molecule has 20 heavy (non-hydrogen) atoms. The second-order valence-electron chi connectivity index (χ2n) is 4.88. The molecule has 0 aliphatic rings. The highest BCUT2D eigenvalue weighted by Crippen LogP contribution is 2.29. The minimum absolute atomic E-state index is 0.130. The van der Waals surface area contributed by atoms with E-state index in [9.17, 15) is 13.9 Å². The average Bonchev–Trinajstić information content (AvgIpc) is 2.38. The molecule has 2 rings (SSSR count). The molecule has 0 radical (unpaired) electrons. The largest absolute Gasteiger partial charge is 0.388 e. The number of aliphatic hydroxyl groups excluding tert-OH is 1. The molecule has 2 aromatic rings. The lowest BCUT2D eigenvalue weighted by atomic mass is 9.97. The lowest BCUT2D eigenvalue weighted by Gasteiger charge is -2.15. The number of hydrogen-bond donors (Lipinski definition) is 1. The van der Waals surface area contributed by atoms with Crippen LogP contribution < -0.4 is 0 Å². The molecule has 0 aliphatic heterocycles. The van der Waals surface area contributed by atoms with E-state index < -0.39 is 17.7 Å². The minimum atomic E-state index is -1.05.